The van der Waals surface area contributed by atoms with Gasteiger partial charge in [-0.1, -0.05) is 24.3 Å². The molecule has 0 saturated carbocycles. The Morgan fingerprint density at radius 1 is 1.44 bits per heavy atom. The average Bonchev–Trinajstić information content (AvgIpc) is 2.36. The molecular weight excluding hydrogens is 246 g/mol. The van der Waals surface area contributed by atoms with Crippen LogP contribution in [0.1, 0.15) is 24.5 Å². The average molecular weight is 267 g/mol. The summed E-state index contributed by atoms with van der Waals surface area (Å²) in [7, 11) is 0. The number of rotatable bonds is 7. The van der Waals surface area contributed by atoms with Crippen LogP contribution in [0.4, 0.5) is 0 Å². The van der Waals surface area contributed by atoms with Crippen molar-refractivity contribution in [2.75, 3.05) is 12.4 Å². The van der Waals surface area contributed by atoms with E-state index >= 15 is 0 Å². The van der Waals surface area contributed by atoms with Gasteiger partial charge in [0.2, 0.25) is 0 Å². The quantitative estimate of drug-likeness (QED) is 0.609. The highest BCUT2D eigenvalue weighted by molar-refractivity contribution is 7.98. The number of hydrogen-bond acceptors (Lipinski definition) is 4. The monoisotopic (exact) mass is 267 g/mol. The number of hydrogen-bond donors (Lipinski definition) is 1. The van der Waals surface area contributed by atoms with Gasteiger partial charge in [-0.2, -0.15) is 11.8 Å². The molecule has 2 N–H and O–H groups in total. The first-order chi connectivity index (χ1) is 8.65. The molecule has 0 saturated heterocycles. The van der Waals surface area contributed by atoms with E-state index in [9.17, 15) is 4.79 Å². The lowest BCUT2D eigenvalue weighted by molar-refractivity contribution is -0.144. The van der Waals surface area contributed by atoms with Crippen molar-refractivity contribution in [3.8, 4) is 0 Å². The molecule has 1 unspecified atom stereocenters. The third-order valence-corrected chi connectivity index (χ3v) is 3.72. The first kappa shape index (κ1) is 15.1. The summed E-state index contributed by atoms with van der Waals surface area (Å²) in [5.41, 5.74) is 8.37. The topological polar surface area (TPSA) is 52.3 Å². The highest BCUT2D eigenvalue weighted by atomic mass is 32.2. The van der Waals surface area contributed by atoms with Crippen LogP contribution in [0.2, 0.25) is 0 Å². The summed E-state index contributed by atoms with van der Waals surface area (Å²) in [4.78, 5) is 11.3. The van der Waals surface area contributed by atoms with E-state index in [4.69, 9.17) is 10.5 Å². The van der Waals surface area contributed by atoms with Gasteiger partial charge in [0.15, 0.2) is 0 Å². The van der Waals surface area contributed by atoms with E-state index in [1.807, 2.05) is 12.1 Å². The first-order valence-electron chi connectivity index (χ1n) is 6.19. The summed E-state index contributed by atoms with van der Waals surface area (Å²) < 4.78 is 4.86. The smallest absolute Gasteiger partial charge is 0.322 e. The Hall–Kier alpha value is -1.00. The highest BCUT2D eigenvalue weighted by Gasteiger charge is 2.13. The van der Waals surface area contributed by atoms with Crippen molar-refractivity contribution in [2.24, 2.45) is 5.73 Å². The Kier molecular flexibility index (Phi) is 6.83. The minimum Gasteiger partial charge on any atom is -0.465 e. The second-order valence-electron chi connectivity index (χ2n) is 4.13. The number of benzene rings is 1. The number of aryl methyl sites for hydroxylation is 1. The minimum atomic E-state index is -0.491. The Morgan fingerprint density at radius 3 is 2.83 bits per heavy atom. The van der Waals surface area contributed by atoms with E-state index < -0.39 is 6.04 Å². The maximum atomic E-state index is 11.3. The summed E-state index contributed by atoms with van der Waals surface area (Å²) in [5, 5.41) is 0. The zero-order valence-electron chi connectivity index (χ0n) is 11.0. The Balaban J connectivity index is 2.23. The zero-order chi connectivity index (χ0) is 13.4. The Labute approximate surface area is 113 Å². The molecule has 0 amide bonds. The van der Waals surface area contributed by atoms with E-state index in [1.54, 1.807) is 18.7 Å². The molecule has 0 fully saturated rings. The van der Waals surface area contributed by atoms with Crippen molar-refractivity contribution < 1.29 is 9.53 Å². The van der Waals surface area contributed by atoms with Crippen LogP contribution in [-0.4, -0.2) is 24.4 Å². The van der Waals surface area contributed by atoms with Gasteiger partial charge in [-0.3, -0.25) is 4.79 Å². The Bertz CT molecular complexity index is 382. The maximum Gasteiger partial charge on any atom is 0.322 e. The molecule has 4 heteroatoms. The maximum absolute atomic E-state index is 11.3. The molecule has 0 aliphatic carbocycles. The predicted octanol–water partition coefficient (Wildman–Crippen LogP) is 2.51. The van der Waals surface area contributed by atoms with E-state index in [1.165, 1.54) is 11.1 Å². The standard InChI is InChI=1S/C14H21NO2S/c1-3-17-14(16)13(15)8-9-18-10-12-7-5-4-6-11(12)2/h4-7,13H,3,8-10,15H2,1-2H3. The lowest BCUT2D eigenvalue weighted by atomic mass is 10.1. The molecule has 0 aliphatic rings. The number of carbonyl (C=O) groups excluding carboxylic acids is 1. The summed E-state index contributed by atoms with van der Waals surface area (Å²) in [5.74, 6) is 1.53. The van der Waals surface area contributed by atoms with Crippen molar-refractivity contribution in [1.29, 1.82) is 0 Å². The second-order valence-corrected chi connectivity index (χ2v) is 5.23. The largest absolute Gasteiger partial charge is 0.465 e. The molecule has 1 rings (SSSR count). The van der Waals surface area contributed by atoms with Crippen LogP contribution in [0.25, 0.3) is 0 Å². The first-order valence-corrected chi connectivity index (χ1v) is 7.35. The van der Waals surface area contributed by atoms with Crippen LogP contribution in [0.15, 0.2) is 24.3 Å². The summed E-state index contributed by atoms with van der Waals surface area (Å²) in [6.07, 6.45) is 0.662. The molecule has 1 aromatic rings. The van der Waals surface area contributed by atoms with Crippen molar-refractivity contribution in [3.63, 3.8) is 0 Å². The molecule has 0 heterocycles. The van der Waals surface area contributed by atoms with Gasteiger partial charge in [-0.25, -0.2) is 0 Å². The fourth-order valence-corrected chi connectivity index (χ4v) is 2.64. The molecule has 3 nitrogen and oxygen atoms in total. The number of ether oxygens (including phenoxy) is 1. The molecule has 1 atom stereocenters. The normalized spacial score (nSPS) is 12.2. The van der Waals surface area contributed by atoms with Gasteiger partial charge in [-0.15, -0.1) is 0 Å². The summed E-state index contributed by atoms with van der Waals surface area (Å²) in [6.45, 7) is 4.29. The molecule has 0 bridgehead atoms. The molecule has 0 spiro atoms. The lowest BCUT2D eigenvalue weighted by Crippen LogP contribution is -2.32. The van der Waals surface area contributed by atoms with E-state index in [2.05, 4.69) is 19.1 Å². The number of thioether (sulfide) groups is 1. The molecular formula is C14H21NO2S. The van der Waals surface area contributed by atoms with Crippen molar-refractivity contribution in [3.05, 3.63) is 35.4 Å². The lowest BCUT2D eigenvalue weighted by Gasteiger charge is -2.10. The van der Waals surface area contributed by atoms with Gasteiger partial charge in [0.1, 0.15) is 6.04 Å². The van der Waals surface area contributed by atoms with Crippen LogP contribution < -0.4 is 5.73 Å². The van der Waals surface area contributed by atoms with Crippen LogP contribution in [0.3, 0.4) is 0 Å². The predicted molar refractivity (Wildman–Crippen MR) is 76.6 cm³/mol. The van der Waals surface area contributed by atoms with Crippen molar-refractivity contribution in [1.82, 2.24) is 0 Å². The van der Waals surface area contributed by atoms with Gasteiger partial charge in [0.25, 0.3) is 0 Å². The fourth-order valence-electron chi connectivity index (χ4n) is 1.53. The molecule has 100 valence electrons. The van der Waals surface area contributed by atoms with Crippen molar-refractivity contribution >= 4 is 17.7 Å². The summed E-state index contributed by atoms with van der Waals surface area (Å²) in [6, 6.07) is 7.84. The molecule has 0 aromatic heterocycles. The fraction of sp³-hybridized carbons (Fsp3) is 0.500. The molecule has 18 heavy (non-hydrogen) atoms. The zero-order valence-corrected chi connectivity index (χ0v) is 11.8. The third-order valence-electron chi connectivity index (χ3n) is 2.68. The molecule has 1 aromatic carbocycles. The number of esters is 1. The van der Waals surface area contributed by atoms with Crippen molar-refractivity contribution in [2.45, 2.75) is 32.1 Å². The highest BCUT2D eigenvalue weighted by Crippen LogP contribution is 2.16. The van der Waals surface area contributed by atoms with E-state index in [0.717, 1.165) is 11.5 Å². The van der Waals surface area contributed by atoms with Crippen LogP contribution in [0, 0.1) is 6.92 Å². The number of carbonyl (C=O) groups is 1. The SMILES string of the molecule is CCOC(=O)C(N)CCSCc1ccccc1C. The van der Waals surface area contributed by atoms with Crippen LogP contribution in [0.5, 0.6) is 0 Å². The van der Waals surface area contributed by atoms with Crippen LogP contribution >= 0.6 is 11.8 Å². The van der Waals surface area contributed by atoms with Crippen LogP contribution in [-0.2, 0) is 15.3 Å². The van der Waals surface area contributed by atoms with Gasteiger partial charge in [-0.05, 0) is 37.1 Å². The number of nitrogens with two attached hydrogens (primary N) is 1. The van der Waals surface area contributed by atoms with Gasteiger partial charge in [0, 0.05) is 5.75 Å². The summed E-state index contributed by atoms with van der Waals surface area (Å²) >= 11 is 1.80. The Morgan fingerprint density at radius 2 is 2.17 bits per heavy atom. The van der Waals surface area contributed by atoms with Gasteiger partial charge >= 0.3 is 5.97 Å². The van der Waals surface area contributed by atoms with Gasteiger partial charge in [0.05, 0.1) is 6.61 Å². The van der Waals surface area contributed by atoms with Gasteiger partial charge < -0.3 is 10.5 Å². The second kappa shape index (κ2) is 8.16. The molecule has 0 radical (unpaired) electrons. The van der Waals surface area contributed by atoms with E-state index in [-0.39, 0.29) is 5.97 Å². The molecule has 0 aliphatic heterocycles. The third kappa shape index (κ3) is 5.10. The van der Waals surface area contributed by atoms with E-state index in [0.29, 0.717) is 13.0 Å². The minimum absolute atomic E-state index is 0.297.